The summed E-state index contributed by atoms with van der Waals surface area (Å²) in [6.45, 7) is 8.36. The Morgan fingerprint density at radius 2 is 1.68 bits per heavy atom. The Morgan fingerprint density at radius 3 is 2.29 bits per heavy atom. The Labute approximate surface area is 172 Å². The molecule has 148 valence electrons. The van der Waals surface area contributed by atoms with Gasteiger partial charge in [0.05, 0.1) is 6.10 Å². The molecule has 1 N–H and O–H groups in total. The van der Waals surface area contributed by atoms with Crippen LogP contribution in [-0.4, -0.2) is 53.1 Å². The summed E-state index contributed by atoms with van der Waals surface area (Å²) in [7, 11) is 0. The summed E-state index contributed by atoms with van der Waals surface area (Å²) in [6, 6.07) is 17.6. The summed E-state index contributed by atoms with van der Waals surface area (Å²) >= 11 is 5.45. The van der Waals surface area contributed by atoms with E-state index in [0.717, 1.165) is 38.5 Å². The molecule has 0 saturated carbocycles. The average Bonchev–Trinajstić information content (AvgIpc) is 2.69. The number of carbonyl (C=O) groups excluding carboxylic acids is 1. The van der Waals surface area contributed by atoms with E-state index in [1.807, 2.05) is 19.9 Å². The second-order valence-electron chi connectivity index (χ2n) is 7.20. The van der Waals surface area contributed by atoms with E-state index in [1.165, 1.54) is 5.56 Å². The van der Waals surface area contributed by atoms with Gasteiger partial charge in [0.1, 0.15) is 5.75 Å². The van der Waals surface area contributed by atoms with Crippen molar-refractivity contribution in [3.63, 3.8) is 0 Å². The van der Waals surface area contributed by atoms with Gasteiger partial charge in [-0.1, -0.05) is 30.3 Å². The minimum Gasteiger partial charge on any atom is -0.491 e. The molecule has 2 aromatic rings. The monoisotopic (exact) mass is 397 g/mol. The van der Waals surface area contributed by atoms with Crippen LogP contribution in [0.25, 0.3) is 0 Å². The standard InChI is InChI=1S/C22H27N3O2S/c1-17(2)27-20-10-8-19(9-11-20)21(26)23-22(28)25-14-12-24(13-15-25)16-18-6-4-3-5-7-18/h3-11,17H,12-16H2,1-2H3,(H,23,26,28). The van der Waals surface area contributed by atoms with Crippen molar-refractivity contribution >= 4 is 23.2 Å². The molecule has 0 aliphatic carbocycles. The number of thiocarbonyl (C=S) groups is 1. The van der Waals surface area contributed by atoms with Gasteiger partial charge >= 0.3 is 0 Å². The normalized spacial score (nSPS) is 14.8. The van der Waals surface area contributed by atoms with E-state index < -0.39 is 0 Å². The van der Waals surface area contributed by atoms with Crippen LogP contribution in [0.2, 0.25) is 0 Å². The van der Waals surface area contributed by atoms with E-state index in [2.05, 4.69) is 39.4 Å². The molecule has 3 rings (SSSR count). The quantitative estimate of drug-likeness (QED) is 0.785. The van der Waals surface area contributed by atoms with Crippen molar-refractivity contribution in [2.45, 2.75) is 26.5 Å². The fraction of sp³-hybridized carbons (Fsp3) is 0.364. The van der Waals surface area contributed by atoms with Crippen LogP contribution >= 0.6 is 12.2 Å². The number of hydrogen-bond acceptors (Lipinski definition) is 4. The molecule has 0 aromatic heterocycles. The van der Waals surface area contributed by atoms with Crippen molar-refractivity contribution < 1.29 is 9.53 Å². The van der Waals surface area contributed by atoms with Gasteiger partial charge in [-0.05, 0) is 55.9 Å². The van der Waals surface area contributed by atoms with Crippen LogP contribution in [0.5, 0.6) is 5.75 Å². The molecule has 0 radical (unpaired) electrons. The molecular weight excluding hydrogens is 370 g/mol. The van der Waals surface area contributed by atoms with Crippen molar-refractivity contribution in [3.8, 4) is 5.75 Å². The fourth-order valence-electron chi connectivity index (χ4n) is 3.16. The number of piperazine rings is 1. The minimum absolute atomic E-state index is 0.104. The van der Waals surface area contributed by atoms with Gasteiger partial charge in [-0.25, -0.2) is 0 Å². The first-order valence-electron chi connectivity index (χ1n) is 9.64. The summed E-state index contributed by atoms with van der Waals surface area (Å²) in [4.78, 5) is 16.9. The highest BCUT2D eigenvalue weighted by atomic mass is 32.1. The van der Waals surface area contributed by atoms with E-state index in [0.29, 0.717) is 10.7 Å². The molecule has 1 heterocycles. The predicted molar refractivity (Wildman–Crippen MR) is 116 cm³/mol. The zero-order valence-corrected chi connectivity index (χ0v) is 17.2. The molecule has 0 spiro atoms. The molecule has 1 amide bonds. The molecule has 2 aromatic carbocycles. The number of ether oxygens (including phenoxy) is 1. The van der Waals surface area contributed by atoms with Crippen molar-refractivity contribution in [3.05, 3.63) is 65.7 Å². The fourth-order valence-corrected chi connectivity index (χ4v) is 3.43. The zero-order valence-electron chi connectivity index (χ0n) is 16.4. The summed E-state index contributed by atoms with van der Waals surface area (Å²) < 4.78 is 5.61. The van der Waals surface area contributed by atoms with Crippen LogP contribution in [0.15, 0.2) is 54.6 Å². The number of benzene rings is 2. The average molecular weight is 398 g/mol. The number of nitrogens with zero attached hydrogens (tertiary/aromatic N) is 2. The first-order chi connectivity index (χ1) is 13.5. The minimum atomic E-state index is -0.187. The lowest BCUT2D eigenvalue weighted by atomic mass is 10.2. The summed E-state index contributed by atoms with van der Waals surface area (Å²) in [5, 5.41) is 3.34. The Morgan fingerprint density at radius 1 is 1.04 bits per heavy atom. The van der Waals surface area contributed by atoms with Crippen LogP contribution in [0.3, 0.4) is 0 Å². The molecule has 5 nitrogen and oxygen atoms in total. The highest BCUT2D eigenvalue weighted by Crippen LogP contribution is 2.14. The molecule has 0 bridgehead atoms. The Kier molecular flexibility index (Phi) is 7.01. The smallest absolute Gasteiger partial charge is 0.257 e. The molecule has 6 heteroatoms. The number of hydrogen-bond donors (Lipinski definition) is 1. The highest BCUT2D eigenvalue weighted by Gasteiger charge is 2.20. The summed E-state index contributed by atoms with van der Waals surface area (Å²) in [5.74, 6) is 0.566. The summed E-state index contributed by atoms with van der Waals surface area (Å²) in [6.07, 6.45) is 0.104. The van der Waals surface area contributed by atoms with Gasteiger partial charge in [-0.3, -0.25) is 15.0 Å². The summed E-state index contributed by atoms with van der Waals surface area (Å²) in [5.41, 5.74) is 1.89. The van der Waals surface area contributed by atoms with Crippen molar-refractivity contribution in [1.29, 1.82) is 0 Å². The first kappa shape index (κ1) is 20.3. The maximum absolute atomic E-state index is 12.5. The number of carbonyl (C=O) groups is 1. The Bertz CT molecular complexity index is 785. The second kappa shape index (κ2) is 9.66. The van der Waals surface area contributed by atoms with E-state index in [1.54, 1.807) is 24.3 Å². The van der Waals surface area contributed by atoms with Gasteiger partial charge in [0.2, 0.25) is 0 Å². The third kappa shape index (κ3) is 5.78. The lowest BCUT2D eigenvalue weighted by Crippen LogP contribution is -2.52. The molecule has 1 aliphatic heterocycles. The lowest BCUT2D eigenvalue weighted by molar-refractivity contribution is 0.0969. The van der Waals surface area contributed by atoms with Crippen molar-refractivity contribution in [2.24, 2.45) is 0 Å². The molecule has 0 atom stereocenters. The van der Waals surface area contributed by atoms with Crippen LogP contribution < -0.4 is 10.1 Å². The Balaban J connectivity index is 1.46. The molecule has 0 unspecified atom stereocenters. The maximum Gasteiger partial charge on any atom is 0.257 e. The topological polar surface area (TPSA) is 44.8 Å². The van der Waals surface area contributed by atoms with Crippen LogP contribution in [-0.2, 0) is 6.54 Å². The third-order valence-corrected chi connectivity index (χ3v) is 4.98. The molecule has 28 heavy (non-hydrogen) atoms. The molecule has 1 saturated heterocycles. The SMILES string of the molecule is CC(C)Oc1ccc(C(=O)NC(=S)N2CCN(Cc3ccccc3)CC2)cc1. The predicted octanol–water partition coefficient (Wildman–Crippen LogP) is 3.31. The van der Waals surface area contributed by atoms with Crippen molar-refractivity contribution in [1.82, 2.24) is 15.1 Å². The van der Waals surface area contributed by atoms with E-state index in [4.69, 9.17) is 17.0 Å². The molecular formula is C22H27N3O2S. The van der Waals surface area contributed by atoms with E-state index in [9.17, 15) is 4.79 Å². The number of rotatable bonds is 5. The van der Waals surface area contributed by atoms with Gasteiger partial charge in [0, 0.05) is 38.3 Å². The highest BCUT2D eigenvalue weighted by molar-refractivity contribution is 7.80. The largest absolute Gasteiger partial charge is 0.491 e. The zero-order chi connectivity index (χ0) is 19.9. The van der Waals surface area contributed by atoms with E-state index in [-0.39, 0.29) is 12.0 Å². The van der Waals surface area contributed by atoms with Crippen LogP contribution in [0, 0.1) is 0 Å². The molecule has 1 fully saturated rings. The first-order valence-corrected chi connectivity index (χ1v) is 10.1. The Hall–Kier alpha value is -2.44. The van der Waals surface area contributed by atoms with Crippen LogP contribution in [0.4, 0.5) is 0 Å². The van der Waals surface area contributed by atoms with Crippen LogP contribution in [0.1, 0.15) is 29.8 Å². The van der Waals surface area contributed by atoms with E-state index >= 15 is 0 Å². The number of nitrogens with one attached hydrogen (secondary N) is 1. The van der Waals surface area contributed by atoms with Gasteiger partial charge in [0.15, 0.2) is 5.11 Å². The maximum atomic E-state index is 12.5. The van der Waals surface area contributed by atoms with Gasteiger partial charge < -0.3 is 9.64 Å². The van der Waals surface area contributed by atoms with Gasteiger partial charge in [-0.2, -0.15) is 0 Å². The second-order valence-corrected chi connectivity index (χ2v) is 7.59. The number of amides is 1. The van der Waals surface area contributed by atoms with Crippen molar-refractivity contribution in [2.75, 3.05) is 26.2 Å². The van der Waals surface area contributed by atoms with Gasteiger partial charge in [-0.15, -0.1) is 0 Å². The molecule has 1 aliphatic rings. The third-order valence-electron chi connectivity index (χ3n) is 4.62. The lowest BCUT2D eigenvalue weighted by Gasteiger charge is -2.36. The van der Waals surface area contributed by atoms with Gasteiger partial charge in [0.25, 0.3) is 5.91 Å².